The van der Waals surface area contributed by atoms with Crippen molar-refractivity contribution in [3.63, 3.8) is 0 Å². The third-order valence-corrected chi connectivity index (χ3v) is 8.99. The molecule has 0 bridgehead atoms. The Kier molecular flexibility index (Phi) is 7.10. The molecule has 0 spiro atoms. The minimum absolute atomic E-state index is 0.617. The minimum atomic E-state index is 0.617. The number of fused-ring (bicyclic) bond motifs is 3. The molecule has 2 aromatic heterocycles. The summed E-state index contributed by atoms with van der Waals surface area (Å²) in [5.41, 5.74) is 11.6. The normalized spacial score (nSPS) is 11.3. The number of hydrogen-bond acceptors (Lipinski definition) is 4. The largest absolute Gasteiger partial charge is 0.456 e. The van der Waals surface area contributed by atoms with Crippen LogP contribution in [0.25, 0.3) is 89.5 Å². The highest BCUT2D eigenvalue weighted by molar-refractivity contribution is 6.06. The van der Waals surface area contributed by atoms with E-state index < -0.39 is 0 Å². The zero-order valence-corrected chi connectivity index (χ0v) is 26.5. The van der Waals surface area contributed by atoms with Gasteiger partial charge in [-0.2, -0.15) is 0 Å². The number of hydrogen-bond donors (Lipinski definition) is 0. The fourth-order valence-electron chi connectivity index (χ4n) is 6.47. The number of furan rings is 1. The average Bonchev–Trinajstić information content (AvgIpc) is 3.57. The molecule has 9 aromatic rings. The molecule has 0 aliphatic heterocycles. The molecule has 4 heteroatoms. The Morgan fingerprint density at radius 3 is 1.33 bits per heavy atom. The zero-order valence-electron chi connectivity index (χ0n) is 26.5. The first-order valence-corrected chi connectivity index (χ1v) is 16.4. The molecule has 0 saturated heterocycles. The molecule has 7 aromatic carbocycles. The molecule has 0 atom stereocenters. The lowest BCUT2D eigenvalue weighted by Gasteiger charge is -2.11. The van der Waals surface area contributed by atoms with Gasteiger partial charge in [0.1, 0.15) is 11.2 Å². The van der Waals surface area contributed by atoms with Crippen molar-refractivity contribution >= 4 is 21.9 Å². The van der Waals surface area contributed by atoms with Crippen LogP contribution < -0.4 is 0 Å². The number of nitrogens with zero attached hydrogens (tertiary/aromatic N) is 3. The Labute approximate surface area is 284 Å². The lowest BCUT2D eigenvalue weighted by atomic mass is 9.93. The zero-order chi connectivity index (χ0) is 32.6. The van der Waals surface area contributed by atoms with E-state index in [1.807, 2.05) is 60.7 Å². The first-order valence-electron chi connectivity index (χ1n) is 16.4. The van der Waals surface area contributed by atoms with Crippen molar-refractivity contribution in [1.82, 2.24) is 15.0 Å². The predicted octanol–water partition coefficient (Wildman–Crippen LogP) is 11.8. The Bertz CT molecular complexity index is 2570. The predicted molar refractivity (Wildman–Crippen MR) is 200 cm³/mol. The summed E-state index contributed by atoms with van der Waals surface area (Å²) in [6, 6.07) is 60.6. The van der Waals surface area contributed by atoms with Crippen LogP contribution in [0, 0.1) is 0 Å². The van der Waals surface area contributed by atoms with Crippen LogP contribution in [0.3, 0.4) is 0 Å². The van der Waals surface area contributed by atoms with Gasteiger partial charge in [-0.15, -0.1) is 0 Å². The first kappa shape index (κ1) is 28.6. The minimum Gasteiger partial charge on any atom is -0.456 e. The molecule has 230 valence electrons. The quantitative estimate of drug-likeness (QED) is 0.184. The van der Waals surface area contributed by atoms with Gasteiger partial charge in [0.2, 0.25) is 0 Å². The molecule has 0 unspecified atom stereocenters. The van der Waals surface area contributed by atoms with Gasteiger partial charge in [0.25, 0.3) is 0 Å². The van der Waals surface area contributed by atoms with Crippen molar-refractivity contribution in [2.75, 3.05) is 0 Å². The van der Waals surface area contributed by atoms with E-state index in [2.05, 4.69) is 115 Å². The van der Waals surface area contributed by atoms with Crippen LogP contribution in [0.15, 0.2) is 180 Å². The second kappa shape index (κ2) is 12.2. The maximum Gasteiger partial charge on any atom is 0.164 e. The van der Waals surface area contributed by atoms with Crippen molar-refractivity contribution in [2.45, 2.75) is 0 Å². The van der Waals surface area contributed by atoms with Crippen LogP contribution in [-0.2, 0) is 0 Å². The van der Waals surface area contributed by atoms with E-state index in [0.717, 1.165) is 49.8 Å². The van der Waals surface area contributed by atoms with E-state index in [-0.39, 0.29) is 0 Å². The van der Waals surface area contributed by atoms with E-state index in [0.29, 0.717) is 17.5 Å². The summed E-state index contributed by atoms with van der Waals surface area (Å²) in [6.07, 6.45) is 0. The smallest absolute Gasteiger partial charge is 0.164 e. The first-order chi connectivity index (χ1) is 24.3. The van der Waals surface area contributed by atoms with Crippen molar-refractivity contribution in [1.29, 1.82) is 0 Å². The van der Waals surface area contributed by atoms with Crippen molar-refractivity contribution in [3.05, 3.63) is 176 Å². The second-order valence-electron chi connectivity index (χ2n) is 12.0. The van der Waals surface area contributed by atoms with Gasteiger partial charge >= 0.3 is 0 Å². The van der Waals surface area contributed by atoms with Crippen molar-refractivity contribution in [3.8, 4) is 67.5 Å². The molecular weight excluding hydrogens is 599 g/mol. The van der Waals surface area contributed by atoms with Gasteiger partial charge in [-0.25, -0.2) is 15.0 Å². The maximum absolute atomic E-state index is 6.08. The topological polar surface area (TPSA) is 51.8 Å². The van der Waals surface area contributed by atoms with Crippen LogP contribution in [0.4, 0.5) is 0 Å². The number of aromatic nitrogens is 3. The molecule has 4 nitrogen and oxygen atoms in total. The Balaban J connectivity index is 1.06. The molecule has 0 saturated carbocycles. The summed E-state index contributed by atoms with van der Waals surface area (Å²) in [5, 5.41) is 2.11. The summed E-state index contributed by atoms with van der Waals surface area (Å²) in [5.74, 6) is 1.88. The fraction of sp³-hybridized carbons (Fsp3) is 0. The van der Waals surface area contributed by atoms with Gasteiger partial charge in [0.05, 0.1) is 0 Å². The number of rotatable bonds is 6. The monoisotopic (exact) mass is 627 g/mol. The van der Waals surface area contributed by atoms with Crippen LogP contribution in [0.2, 0.25) is 0 Å². The van der Waals surface area contributed by atoms with E-state index in [1.165, 1.54) is 22.3 Å². The fourth-order valence-corrected chi connectivity index (χ4v) is 6.47. The van der Waals surface area contributed by atoms with Crippen LogP contribution in [-0.4, -0.2) is 15.0 Å². The standard InChI is InChI=1S/C45H29N3O/c1-3-11-32(12-4-1)37-15-7-8-16-38(37)33-23-19-30(20-24-33)31-21-25-35(26-22-31)44-46-43(34-13-5-2-6-14-34)47-45(48-44)36-27-28-42-40(29-36)39-17-9-10-18-41(39)49-42/h1-29H. The van der Waals surface area contributed by atoms with Crippen molar-refractivity contribution < 1.29 is 4.42 Å². The van der Waals surface area contributed by atoms with Gasteiger partial charge in [-0.3, -0.25) is 0 Å². The Morgan fingerprint density at radius 1 is 0.286 bits per heavy atom. The van der Waals surface area contributed by atoms with Crippen LogP contribution in [0.1, 0.15) is 0 Å². The molecule has 0 aliphatic carbocycles. The highest BCUT2D eigenvalue weighted by Crippen LogP contribution is 2.35. The SMILES string of the molecule is c1ccc(-c2nc(-c3ccc(-c4ccc(-c5ccccc5-c5ccccc5)cc4)cc3)nc(-c3ccc4oc5ccccc5c4c3)n2)cc1. The number of benzene rings is 7. The van der Waals surface area contributed by atoms with Gasteiger partial charge in [0, 0.05) is 27.5 Å². The van der Waals surface area contributed by atoms with Crippen molar-refractivity contribution in [2.24, 2.45) is 0 Å². The van der Waals surface area contributed by atoms with Crippen LogP contribution in [0.5, 0.6) is 0 Å². The molecule has 9 rings (SSSR count). The second-order valence-corrected chi connectivity index (χ2v) is 12.0. The summed E-state index contributed by atoms with van der Waals surface area (Å²) < 4.78 is 6.08. The highest BCUT2D eigenvalue weighted by Gasteiger charge is 2.15. The lowest BCUT2D eigenvalue weighted by molar-refractivity contribution is 0.669. The van der Waals surface area contributed by atoms with Crippen LogP contribution >= 0.6 is 0 Å². The van der Waals surface area contributed by atoms with Gasteiger partial charge in [-0.05, 0) is 57.6 Å². The molecule has 0 fully saturated rings. The molecule has 0 radical (unpaired) electrons. The summed E-state index contributed by atoms with van der Waals surface area (Å²) in [7, 11) is 0. The van der Waals surface area contributed by atoms with Gasteiger partial charge in [0.15, 0.2) is 17.5 Å². The lowest BCUT2D eigenvalue weighted by Crippen LogP contribution is -2.00. The van der Waals surface area contributed by atoms with Gasteiger partial charge in [-0.1, -0.05) is 152 Å². The Hall–Kier alpha value is -6.65. The van der Waals surface area contributed by atoms with E-state index in [4.69, 9.17) is 19.4 Å². The average molecular weight is 628 g/mol. The molecule has 49 heavy (non-hydrogen) atoms. The molecular formula is C45H29N3O. The van der Waals surface area contributed by atoms with E-state index in [9.17, 15) is 0 Å². The third kappa shape index (κ3) is 5.45. The van der Waals surface area contributed by atoms with Gasteiger partial charge < -0.3 is 4.42 Å². The Morgan fingerprint density at radius 2 is 0.694 bits per heavy atom. The summed E-state index contributed by atoms with van der Waals surface area (Å²) in [4.78, 5) is 14.9. The summed E-state index contributed by atoms with van der Waals surface area (Å²) in [6.45, 7) is 0. The molecule has 0 N–H and O–H groups in total. The highest BCUT2D eigenvalue weighted by atomic mass is 16.3. The molecule has 0 amide bonds. The summed E-state index contributed by atoms with van der Waals surface area (Å²) >= 11 is 0. The molecule has 0 aliphatic rings. The number of para-hydroxylation sites is 1. The molecule has 2 heterocycles. The van der Waals surface area contributed by atoms with E-state index >= 15 is 0 Å². The third-order valence-electron chi connectivity index (χ3n) is 8.99. The maximum atomic E-state index is 6.08. The van der Waals surface area contributed by atoms with E-state index in [1.54, 1.807) is 0 Å².